The molecule has 0 amide bonds. The van der Waals surface area contributed by atoms with Crippen LogP contribution in [0.3, 0.4) is 0 Å². The average molecular weight is 418 g/mol. The van der Waals surface area contributed by atoms with Crippen LogP contribution in [-0.2, 0) is 3.07 Å². The molecule has 20 heavy (non-hydrogen) atoms. The minimum absolute atomic E-state index is 0.0485. The van der Waals surface area contributed by atoms with Crippen LogP contribution in [-0.4, -0.2) is 42.5 Å². The zero-order chi connectivity index (χ0) is 15.3. The van der Waals surface area contributed by atoms with E-state index in [9.17, 15) is 5.11 Å². The van der Waals surface area contributed by atoms with E-state index in [1.165, 1.54) is 63.2 Å². The summed E-state index contributed by atoms with van der Waals surface area (Å²) in [7, 11) is -1.15. The molecule has 0 aromatic carbocycles. The third-order valence-corrected chi connectivity index (χ3v) is 10.8. The van der Waals surface area contributed by atoms with E-state index >= 15 is 0 Å². The van der Waals surface area contributed by atoms with Gasteiger partial charge in [0.15, 0.2) is 0 Å². The fourth-order valence-electron chi connectivity index (χ4n) is 3.04. The molecule has 1 atom stereocenters. The molecule has 0 aromatic heterocycles. The van der Waals surface area contributed by atoms with Crippen LogP contribution in [0.4, 0.5) is 0 Å². The Hall–Kier alpha value is 1.08. The summed E-state index contributed by atoms with van der Waals surface area (Å²) in [6.07, 6.45) is 15.1. The van der Waals surface area contributed by atoms with Gasteiger partial charge in [-0.05, 0) is 0 Å². The Morgan fingerprint density at radius 1 is 0.900 bits per heavy atom. The maximum absolute atomic E-state index is 9.34. The fraction of sp³-hybridized carbons (Fsp3) is 1.00. The Morgan fingerprint density at radius 3 is 1.65 bits per heavy atom. The molecule has 0 aliphatic heterocycles. The van der Waals surface area contributed by atoms with Crippen LogP contribution in [0.1, 0.15) is 65.7 Å². The van der Waals surface area contributed by atoms with Gasteiger partial charge in [0.2, 0.25) is 0 Å². The topological polar surface area (TPSA) is 29.5 Å². The van der Waals surface area contributed by atoms with E-state index in [1.54, 1.807) is 0 Å². The Labute approximate surface area is 141 Å². The molecular weight excluding hydrogens is 382 g/mol. The molecule has 124 valence electrons. The summed E-state index contributed by atoms with van der Waals surface area (Å²) in [6.45, 7) is 7.10. The van der Waals surface area contributed by atoms with Crippen molar-refractivity contribution >= 4 is 30.3 Å². The molecule has 0 spiro atoms. The summed E-state index contributed by atoms with van der Waals surface area (Å²) < 4.78 is 5.35. The first-order valence-electron chi connectivity index (χ1n) is 8.56. The van der Waals surface area contributed by atoms with E-state index in [0.29, 0.717) is 0 Å². The van der Waals surface area contributed by atoms with Gasteiger partial charge in [0.25, 0.3) is 0 Å². The van der Waals surface area contributed by atoms with Crippen molar-refractivity contribution in [2.24, 2.45) is 0 Å². The predicted molar refractivity (Wildman–Crippen MR) is 103 cm³/mol. The van der Waals surface area contributed by atoms with Crippen molar-refractivity contribution < 1.29 is 8.17 Å². The van der Waals surface area contributed by atoms with Gasteiger partial charge in [-0.2, -0.15) is 0 Å². The van der Waals surface area contributed by atoms with Gasteiger partial charge in [0.1, 0.15) is 0 Å². The third kappa shape index (κ3) is 9.17. The standard InChI is InChI=1S/C16H36IO2P/c1-4-7-11-20(12-8-5-2,13-9-6-3)14-10-16(15-18)19-17/h16,18,20H,4-15H2,1-3H3. The molecule has 0 radical (unpaired) electrons. The molecule has 1 unspecified atom stereocenters. The van der Waals surface area contributed by atoms with Gasteiger partial charge < -0.3 is 0 Å². The van der Waals surface area contributed by atoms with Crippen molar-refractivity contribution in [1.29, 1.82) is 0 Å². The summed E-state index contributed by atoms with van der Waals surface area (Å²) in [4.78, 5) is 0. The second kappa shape index (κ2) is 13.7. The number of hydrogen-bond donors (Lipinski definition) is 1. The molecule has 0 aliphatic carbocycles. The molecule has 4 heteroatoms. The van der Waals surface area contributed by atoms with Gasteiger partial charge in [-0.15, -0.1) is 0 Å². The van der Waals surface area contributed by atoms with E-state index in [2.05, 4.69) is 20.8 Å². The number of rotatable bonds is 14. The number of hydrogen-bond acceptors (Lipinski definition) is 2. The van der Waals surface area contributed by atoms with Crippen molar-refractivity contribution in [2.45, 2.75) is 71.8 Å². The van der Waals surface area contributed by atoms with Gasteiger partial charge in [-0.3, -0.25) is 0 Å². The van der Waals surface area contributed by atoms with Crippen molar-refractivity contribution in [1.82, 2.24) is 0 Å². The average Bonchev–Trinajstić information content (AvgIpc) is 2.49. The molecule has 0 heterocycles. The maximum atomic E-state index is 9.34. The van der Waals surface area contributed by atoms with Crippen LogP contribution < -0.4 is 0 Å². The summed E-state index contributed by atoms with van der Waals surface area (Å²) in [6, 6.07) is 0. The fourth-order valence-corrected chi connectivity index (χ4v) is 9.20. The monoisotopic (exact) mass is 418 g/mol. The van der Waals surface area contributed by atoms with Gasteiger partial charge in [0.05, 0.1) is 0 Å². The SMILES string of the molecule is CCCC[PH](CCCC)(CCCC)CCC(CO)OI. The van der Waals surface area contributed by atoms with Gasteiger partial charge >= 0.3 is 142 Å². The predicted octanol–water partition coefficient (Wildman–Crippen LogP) is 5.25. The Balaban J connectivity index is 4.64. The number of aliphatic hydroxyl groups is 1. The quantitative estimate of drug-likeness (QED) is 0.308. The second-order valence-electron chi connectivity index (χ2n) is 6.24. The molecule has 0 saturated carbocycles. The third-order valence-electron chi connectivity index (χ3n) is 4.51. The molecule has 0 bridgehead atoms. The molecule has 0 fully saturated rings. The van der Waals surface area contributed by atoms with Crippen LogP contribution >= 0.6 is 30.3 Å². The van der Waals surface area contributed by atoms with E-state index in [0.717, 1.165) is 6.42 Å². The normalized spacial score (nSPS) is 14.4. The second-order valence-corrected chi connectivity index (χ2v) is 11.8. The number of halogens is 1. The Bertz CT molecular complexity index is 189. The zero-order valence-electron chi connectivity index (χ0n) is 13.8. The van der Waals surface area contributed by atoms with E-state index in [4.69, 9.17) is 3.07 Å². The van der Waals surface area contributed by atoms with E-state index < -0.39 is 7.26 Å². The molecule has 0 saturated heterocycles. The summed E-state index contributed by atoms with van der Waals surface area (Å²) in [5.74, 6) is 0. The van der Waals surface area contributed by atoms with E-state index in [-0.39, 0.29) is 12.7 Å². The van der Waals surface area contributed by atoms with Crippen molar-refractivity contribution in [3.8, 4) is 0 Å². The number of aliphatic hydroxyl groups excluding tert-OH is 1. The summed E-state index contributed by atoms with van der Waals surface area (Å²) in [5, 5.41) is 9.34. The van der Waals surface area contributed by atoms with Gasteiger partial charge in [-0.1, -0.05) is 0 Å². The molecule has 0 rings (SSSR count). The Kier molecular flexibility index (Phi) is 14.5. The van der Waals surface area contributed by atoms with Crippen LogP contribution in [0, 0.1) is 0 Å². The molecular formula is C16H36IO2P. The van der Waals surface area contributed by atoms with Gasteiger partial charge in [0, 0.05) is 0 Å². The first-order chi connectivity index (χ1) is 9.67. The van der Waals surface area contributed by atoms with Crippen molar-refractivity contribution in [3.63, 3.8) is 0 Å². The van der Waals surface area contributed by atoms with Crippen molar-refractivity contribution in [3.05, 3.63) is 0 Å². The van der Waals surface area contributed by atoms with Gasteiger partial charge in [-0.25, -0.2) is 0 Å². The zero-order valence-corrected chi connectivity index (χ0v) is 17.0. The molecule has 2 nitrogen and oxygen atoms in total. The first-order valence-corrected chi connectivity index (χ1v) is 12.3. The van der Waals surface area contributed by atoms with Crippen molar-refractivity contribution in [2.75, 3.05) is 31.3 Å². The molecule has 1 N–H and O–H groups in total. The summed E-state index contributed by atoms with van der Waals surface area (Å²) in [5.41, 5.74) is 0. The number of unbranched alkanes of at least 4 members (excludes halogenated alkanes) is 3. The van der Waals surface area contributed by atoms with Crippen LogP contribution in [0.5, 0.6) is 0 Å². The van der Waals surface area contributed by atoms with E-state index in [1.807, 2.05) is 23.0 Å². The van der Waals surface area contributed by atoms with Crippen LogP contribution in [0.25, 0.3) is 0 Å². The molecule has 0 aliphatic rings. The van der Waals surface area contributed by atoms with Crippen LogP contribution in [0.15, 0.2) is 0 Å². The minimum atomic E-state index is -1.15. The van der Waals surface area contributed by atoms with Crippen LogP contribution in [0.2, 0.25) is 0 Å². The summed E-state index contributed by atoms with van der Waals surface area (Å²) >= 11 is 1.94. The molecule has 0 aromatic rings. The Morgan fingerprint density at radius 2 is 1.35 bits per heavy atom. The first kappa shape index (κ1) is 21.1.